The van der Waals surface area contributed by atoms with Crippen molar-refractivity contribution < 1.29 is 24.1 Å². The van der Waals surface area contributed by atoms with Crippen molar-refractivity contribution in [2.24, 2.45) is 34.5 Å². The minimum absolute atomic E-state index is 0.0606. The summed E-state index contributed by atoms with van der Waals surface area (Å²) in [6, 6.07) is 0. The zero-order chi connectivity index (χ0) is 24.0. The third-order valence-corrected chi connectivity index (χ3v) is 16.3. The Morgan fingerprint density at radius 2 is 1.48 bits per heavy atom. The molecule has 0 aromatic heterocycles. The van der Waals surface area contributed by atoms with Crippen LogP contribution in [-0.2, 0) is 13.9 Å². The average molecular weight is 481 g/mol. The highest BCUT2D eigenvalue weighted by molar-refractivity contribution is 6.74. The molecule has 2 N–H and O–H groups in total. The van der Waals surface area contributed by atoms with Crippen LogP contribution in [0.2, 0.25) is 18.1 Å². The highest BCUT2D eigenvalue weighted by Crippen LogP contribution is 2.69. The van der Waals surface area contributed by atoms with E-state index < -0.39 is 26.3 Å². The van der Waals surface area contributed by atoms with E-state index in [9.17, 15) is 10.2 Å². The number of aliphatic hydroxyl groups is 2. The summed E-state index contributed by atoms with van der Waals surface area (Å²) in [5.41, 5.74) is -0.0116. The van der Waals surface area contributed by atoms with Crippen molar-refractivity contribution in [2.75, 3.05) is 13.2 Å². The first-order chi connectivity index (χ1) is 15.3. The van der Waals surface area contributed by atoms with Crippen molar-refractivity contribution in [2.45, 2.75) is 122 Å². The lowest BCUT2D eigenvalue weighted by atomic mass is 9.43. The third-order valence-electron chi connectivity index (χ3n) is 11.8. The molecule has 5 rings (SSSR count). The third kappa shape index (κ3) is 3.41. The van der Waals surface area contributed by atoms with Crippen molar-refractivity contribution in [3.8, 4) is 0 Å². The van der Waals surface area contributed by atoms with Gasteiger partial charge in [0.2, 0.25) is 0 Å². The van der Waals surface area contributed by atoms with Crippen LogP contribution in [0.5, 0.6) is 0 Å². The first-order valence-corrected chi connectivity index (χ1v) is 16.5. The van der Waals surface area contributed by atoms with Crippen LogP contribution in [0.4, 0.5) is 0 Å². The fourth-order valence-corrected chi connectivity index (χ4v) is 10.2. The summed E-state index contributed by atoms with van der Waals surface area (Å²) in [4.78, 5) is 0. The number of rotatable bonds is 2. The molecule has 5 aliphatic rings. The Hall–Kier alpha value is 0.0169. The van der Waals surface area contributed by atoms with Gasteiger partial charge < -0.3 is 24.1 Å². The molecular weight excluding hydrogens is 432 g/mol. The summed E-state index contributed by atoms with van der Waals surface area (Å²) in [6.45, 7) is 17.6. The van der Waals surface area contributed by atoms with E-state index in [0.717, 1.165) is 44.9 Å². The molecule has 1 heterocycles. The SMILES string of the molecule is CC(C)(C)[Si](C)(C)O[C@H]1CC[C@]2(C)C3CC[C@@]4(C)C(CCC45OCCO5)C3C(O)[C@H](O)C2C1. The lowest BCUT2D eigenvalue weighted by Gasteiger charge is -2.64. The Morgan fingerprint density at radius 3 is 2.12 bits per heavy atom. The summed E-state index contributed by atoms with van der Waals surface area (Å²) in [7, 11) is -1.86. The summed E-state index contributed by atoms with van der Waals surface area (Å²) >= 11 is 0. The Bertz CT molecular complexity index is 758. The maximum Gasteiger partial charge on any atom is 0.192 e. The Kier molecular flexibility index (Phi) is 5.81. The van der Waals surface area contributed by atoms with E-state index in [0.29, 0.717) is 25.0 Å². The fraction of sp³-hybridized carbons (Fsp3) is 1.00. The van der Waals surface area contributed by atoms with Gasteiger partial charge in [-0.3, -0.25) is 0 Å². The molecule has 1 aliphatic heterocycles. The van der Waals surface area contributed by atoms with Gasteiger partial charge in [-0.1, -0.05) is 34.6 Å². The zero-order valence-corrected chi connectivity index (χ0v) is 23.0. The molecule has 9 atom stereocenters. The molecule has 0 aromatic carbocycles. The van der Waals surface area contributed by atoms with Gasteiger partial charge in [0.25, 0.3) is 0 Å². The molecule has 5 nitrogen and oxygen atoms in total. The van der Waals surface area contributed by atoms with Gasteiger partial charge >= 0.3 is 0 Å². The van der Waals surface area contributed by atoms with Gasteiger partial charge in [-0.2, -0.15) is 0 Å². The summed E-state index contributed by atoms with van der Waals surface area (Å²) in [5, 5.41) is 23.3. The number of aliphatic hydroxyl groups excluding tert-OH is 2. The van der Waals surface area contributed by atoms with E-state index in [1.807, 2.05) is 0 Å². The molecular formula is C27H48O5Si. The molecule has 190 valence electrons. The van der Waals surface area contributed by atoms with Crippen LogP contribution in [0.3, 0.4) is 0 Å². The molecule has 4 saturated carbocycles. The average Bonchev–Trinajstić information content (AvgIpc) is 3.32. The van der Waals surface area contributed by atoms with Gasteiger partial charge in [0.1, 0.15) is 0 Å². The van der Waals surface area contributed by atoms with Gasteiger partial charge in [-0.25, -0.2) is 0 Å². The van der Waals surface area contributed by atoms with E-state index in [-0.39, 0.29) is 33.8 Å². The largest absolute Gasteiger partial charge is 0.414 e. The van der Waals surface area contributed by atoms with Crippen LogP contribution < -0.4 is 0 Å². The lowest BCUT2D eigenvalue weighted by molar-refractivity contribution is -0.269. The maximum atomic E-state index is 11.6. The molecule has 0 amide bonds. The second-order valence-electron chi connectivity index (χ2n) is 14.1. The predicted molar refractivity (Wildman–Crippen MR) is 131 cm³/mol. The molecule has 5 unspecified atom stereocenters. The maximum absolute atomic E-state index is 11.6. The predicted octanol–water partition coefficient (Wildman–Crippen LogP) is 5.10. The second-order valence-corrected chi connectivity index (χ2v) is 18.9. The summed E-state index contributed by atoms with van der Waals surface area (Å²) in [5.74, 6) is 0.558. The van der Waals surface area contributed by atoms with E-state index in [4.69, 9.17) is 13.9 Å². The van der Waals surface area contributed by atoms with E-state index in [2.05, 4.69) is 47.7 Å². The number of hydrogen-bond acceptors (Lipinski definition) is 5. The summed E-state index contributed by atoms with van der Waals surface area (Å²) < 4.78 is 19.3. The smallest absolute Gasteiger partial charge is 0.192 e. The van der Waals surface area contributed by atoms with Crippen molar-refractivity contribution in [3.63, 3.8) is 0 Å². The summed E-state index contributed by atoms with van der Waals surface area (Å²) in [6.07, 6.45) is 6.03. The van der Waals surface area contributed by atoms with Gasteiger partial charge in [0.05, 0.1) is 25.4 Å². The molecule has 1 spiro atoms. The van der Waals surface area contributed by atoms with Crippen molar-refractivity contribution in [1.29, 1.82) is 0 Å². The lowest BCUT2D eigenvalue weighted by Crippen LogP contribution is -2.65. The first-order valence-electron chi connectivity index (χ1n) is 13.6. The minimum atomic E-state index is -1.86. The van der Waals surface area contributed by atoms with E-state index in [1.165, 1.54) is 0 Å². The topological polar surface area (TPSA) is 68.2 Å². The molecule has 0 aromatic rings. The second kappa shape index (κ2) is 7.76. The Morgan fingerprint density at radius 1 is 0.848 bits per heavy atom. The van der Waals surface area contributed by atoms with Crippen molar-refractivity contribution >= 4 is 8.32 Å². The molecule has 4 aliphatic carbocycles. The number of hydrogen-bond donors (Lipinski definition) is 2. The Labute approximate surface area is 202 Å². The van der Waals surface area contributed by atoms with Gasteiger partial charge in [-0.15, -0.1) is 0 Å². The highest BCUT2D eigenvalue weighted by Gasteiger charge is 2.70. The standard InChI is InChI=1S/C27H48O5Si/c1-24(2,3)33(6,7)32-17-8-11-25(4)18-9-12-26(5)19(10-13-27(26)30-14-15-31-27)21(18)23(29)22(28)20(25)16-17/h17-23,28-29H,8-16H2,1-7H3/t17-,18?,19?,20?,21?,22+,23?,25+,26-/m0/s1. The monoisotopic (exact) mass is 480 g/mol. The molecule has 0 radical (unpaired) electrons. The van der Waals surface area contributed by atoms with Crippen LogP contribution in [0, 0.1) is 34.5 Å². The molecule has 1 saturated heterocycles. The molecule has 6 heteroatoms. The van der Waals surface area contributed by atoms with Gasteiger partial charge in [-0.05, 0) is 85.7 Å². The fourth-order valence-electron chi connectivity index (χ4n) is 8.81. The molecule has 33 heavy (non-hydrogen) atoms. The van der Waals surface area contributed by atoms with E-state index in [1.54, 1.807) is 0 Å². The number of ether oxygens (including phenoxy) is 2. The Balaban J connectivity index is 1.39. The zero-order valence-electron chi connectivity index (χ0n) is 22.0. The van der Waals surface area contributed by atoms with Crippen LogP contribution >= 0.6 is 0 Å². The van der Waals surface area contributed by atoms with Crippen LogP contribution in [-0.4, -0.2) is 55.8 Å². The molecule has 0 bridgehead atoms. The highest BCUT2D eigenvalue weighted by atomic mass is 28.4. The number of fused-ring (bicyclic) bond motifs is 6. The first kappa shape index (κ1) is 24.7. The quantitative estimate of drug-likeness (QED) is 0.538. The van der Waals surface area contributed by atoms with Gasteiger partial charge in [0, 0.05) is 17.9 Å². The van der Waals surface area contributed by atoms with E-state index >= 15 is 0 Å². The van der Waals surface area contributed by atoms with Crippen molar-refractivity contribution in [1.82, 2.24) is 0 Å². The molecule has 5 fully saturated rings. The normalized spacial score (nSPS) is 49.5. The van der Waals surface area contributed by atoms with Crippen LogP contribution in [0.15, 0.2) is 0 Å². The minimum Gasteiger partial charge on any atom is -0.414 e. The van der Waals surface area contributed by atoms with Gasteiger partial charge in [0.15, 0.2) is 14.1 Å². The van der Waals surface area contributed by atoms with Crippen LogP contribution in [0.1, 0.15) is 79.6 Å². The van der Waals surface area contributed by atoms with Crippen molar-refractivity contribution in [3.05, 3.63) is 0 Å². The van der Waals surface area contributed by atoms with Crippen LogP contribution in [0.25, 0.3) is 0 Å².